The molecule has 5 heteroatoms. The molecule has 0 fully saturated rings. The summed E-state index contributed by atoms with van der Waals surface area (Å²) in [6, 6.07) is 4.05. The molecule has 1 aromatic rings. The van der Waals surface area contributed by atoms with Gasteiger partial charge in [-0.15, -0.1) is 0 Å². The number of hydrogen-bond donors (Lipinski definition) is 2. The lowest BCUT2D eigenvalue weighted by molar-refractivity contribution is -0.675. The Labute approximate surface area is 124 Å². The molecule has 0 unspecified atom stereocenters. The third kappa shape index (κ3) is 5.17. The molecule has 0 aliphatic rings. The zero-order valence-corrected chi connectivity index (χ0v) is 14.2. The van der Waals surface area contributed by atoms with Gasteiger partial charge in [-0.1, -0.05) is 29.8 Å². The quantitative estimate of drug-likeness (QED) is 0.639. The molecule has 0 aliphatic heterocycles. The van der Waals surface area contributed by atoms with Gasteiger partial charge in [-0.3, -0.25) is 0 Å². The van der Waals surface area contributed by atoms with Crippen molar-refractivity contribution in [2.45, 2.75) is 20.4 Å². The molecule has 0 saturated heterocycles. The Morgan fingerprint density at radius 2 is 1.94 bits per heavy atom. The number of benzene rings is 1. The van der Waals surface area contributed by atoms with Gasteiger partial charge in [-0.2, -0.15) is 0 Å². The van der Waals surface area contributed by atoms with Gasteiger partial charge in [-0.25, -0.2) is 0 Å². The van der Waals surface area contributed by atoms with Crippen LogP contribution >= 0.6 is 31.9 Å². The number of halogens is 3. The van der Waals surface area contributed by atoms with Crippen LogP contribution < -0.4 is 28.0 Å². The second kappa shape index (κ2) is 7.69. The summed E-state index contributed by atoms with van der Waals surface area (Å²) in [5.41, 5.74) is 8.00. The van der Waals surface area contributed by atoms with Crippen molar-refractivity contribution in [1.82, 2.24) is 0 Å². The fraction of sp³-hybridized carbons (Fsp3) is 0.455. The van der Waals surface area contributed by atoms with E-state index in [9.17, 15) is 0 Å². The smallest absolute Gasteiger partial charge is 0.103 e. The van der Waals surface area contributed by atoms with Gasteiger partial charge in [0.2, 0.25) is 0 Å². The summed E-state index contributed by atoms with van der Waals surface area (Å²) in [6.45, 7) is 6.50. The topological polar surface area (TPSA) is 42.6 Å². The van der Waals surface area contributed by atoms with E-state index < -0.39 is 0 Å². The fourth-order valence-electron chi connectivity index (χ4n) is 1.38. The largest absolute Gasteiger partial charge is 1.00 e. The van der Waals surface area contributed by atoms with Gasteiger partial charge < -0.3 is 28.0 Å². The van der Waals surface area contributed by atoms with Gasteiger partial charge >= 0.3 is 0 Å². The summed E-state index contributed by atoms with van der Waals surface area (Å²) < 4.78 is 2.03. The second-order valence-corrected chi connectivity index (χ2v) is 5.85. The summed E-state index contributed by atoms with van der Waals surface area (Å²) in [7, 11) is 0. The van der Waals surface area contributed by atoms with Crippen molar-refractivity contribution in [2.75, 3.05) is 12.3 Å². The van der Waals surface area contributed by atoms with Crippen LogP contribution in [0.1, 0.15) is 19.4 Å². The molecular weight excluding hydrogens is 400 g/mol. The standard InChI is InChI=1S/C11H16Br2N2.BrH/c1-7(2)5-15-6-8-3-9(12)4-10(13)11(8)14;/h3-4,7,15H,5-6,14H2,1-2H3;1H. The van der Waals surface area contributed by atoms with E-state index in [2.05, 4.69) is 57.1 Å². The highest BCUT2D eigenvalue weighted by Crippen LogP contribution is 2.27. The number of nitrogen functional groups attached to an aromatic ring is 1. The van der Waals surface area contributed by atoms with Gasteiger partial charge in [0, 0.05) is 20.4 Å². The van der Waals surface area contributed by atoms with Crippen molar-refractivity contribution < 1.29 is 22.3 Å². The Hall–Kier alpha value is 0.420. The van der Waals surface area contributed by atoms with Crippen LogP contribution in [0.5, 0.6) is 0 Å². The van der Waals surface area contributed by atoms with E-state index >= 15 is 0 Å². The average Bonchev–Trinajstić information content (AvgIpc) is 2.12. The van der Waals surface area contributed by atoms with Gasteiger partial charge in [0.25, 0.3) is 0 Å². The fourth-order valence-corrected chi connectivity index (χ4v) is 2.69. The molecule has 4 N–H and O–H groups in total. The molecule has 0 aliphatic carbocycles. The minimum absolute atomic E-state index is 0. The molecule has 0 aromatic heterocycles. The lowest BCUT2D eigenvalue weighted by Crippen LogP contribution is -3.00. The molecule has 0 atom stereocenters. The molecule has 2 nitrogen and oxygen atoms in total. The first-order valence-corrected chi connectivity index (χ1v) is 6.64. The Kier molecular flexibility index (Phi) is 7.89. The summed E-state index contributed by atoms with van der Waals surface area (Å²) in [4.78, 5) is 0. The maximum Gasteiger partial charge on any atom is 0.103 e. The van der Waals surface area contributed by atoms with Crippen LogP contribution in [0.15, 0.2) is 21.1 Å². The molecule has 0 saturated carbocycles. The minimum atomic E-state index is 0. The van der Waals surface area contributed by atoms with E-state index in [1.807, 2.05) is 6.07 Å². The van der Waals surface area contributed by atoms with Crippen molar-refractivity contribution in [2.24, 2.45) is 5.92 Å². The zero-order chi connectivity index (χ0) is 11.4. The normalized spacial score (nSPS) is 10.3. The second-order valence-electron chi connectivity index (χ2n) is 4.08. The summed E-state index contributed by atoms with van der Waals surface area (Å²) in [6.07, 6.45) is 0. The third-order valence-corrected chi connectivity index (χ3v) is 3.30. The highest BCUT2D eigenvalue weighted by molar-refractivity contribution is 9.11. The number of hydrogen-bond acceptors (Lipinski definition) is 1. The molecule has 92 valence electrons. The van der Waals surface area contributed by atoms with Crippen molar-refractivity contribution in [3.63, 3.8) is 0 Å². The van der Waals surface area contributed by atoms with Crippen LogP contribution in [-0.4, -0.2) is 6.54 Å². The average molecular weight is 417 g/mol. The van der Waals surface area contributed by atoms with E-state index in [1.54, 1.807) is 0 Å². The van der Waals surface area contributed by atoms with Crippen LogP contribution in [0.25, 0.3) is 0 Å². The molecular formula is C11H17Br3N2. The van der Waals surface area contributed by atoms with Crippen molar-refractivity contribution in [3.8, 4) is 0 Å². The van der Waals surface area contributed by atoms with Gasteiger partial charge in [0.15, 0.2) is 0 Å². The SMILES string of the molecule is CC(C)C[NH2+]Cc1cc(Br)cc(Br)c1N.[Br-]. The minimum Gasteiger partial charge on any atom is -1.00 e. The Morgan fingerprint density at radius 3 is 2.50 bits per heavy atom. The lowest BCUT2D eigenvalue weighted by atomic mass is 10.1. The predicted molar refractivity (Wildman–Crippen MR) is 71.6 cm³/mol. The van der Waals surface area contributed by atoms with Crippen LogP contribution in [-0.2, 0) is 6.54 Å². The molecule has 0 amide bonds. The van der Waals surface area contributed by atoms with Crippen LogP contribution in [0.3, 0.4) is 0 Å². The van der Waals surface area contributed by atoms with Gasteiger partial charge in [0.05, 0.1) is 12.2 Å². The first-order chi connectivity index (χ1) is 7.00. The van der Waals surface area contributed by atoms with E-state index in [4.69, 9.17) is 5.73 Å². The third-order valence-electron chi connectivity index (χ3n) is 2.18. The van der Waals surface area contributed by atoms with Gasteiger partial charge in [-0.05, 0) is 28.1 Å². The number of rotatable bonds is 4. The summed E-state index contributed by atoms with van der Waals surface area (Å²) in [5, 5.41) is 2.29. The first kappa shape index (κ1) is 16.4. The number of anilines is 1. The monoisotopic (exact) mass is 414 g/mol. The van der Waals surface area contributed by atoms with Crippen LogP contribution in [0.4, 0.5) is 5.69 Å². The van der Waals surface area contributed by atoms with Crippen molar-refractivity contribution in [3.05, 3.63) is 26.6 Å². The maximum absolute atomic E-state index is 5.98. The van der Waals surface area contributed by atoms with Crippen LogP contribution in [0.2, 0.25) is 0 Å². The Bertz CT molecular complexity index is 340. The van der Waals surface area contributed by atoms with Gasteiger partial charge in [0.1, 0.15) is 6.54 Å². The highest BCUT2D eigenvalue weighted by atomic mass is 79.9. The first-order valence-electron chi connectivity index (χ1n) is 5.05. The molecule has 0 spiro atoms. The maximum atomic E-state index is 5.98. The molecule has 1 rings (SSSR count). The Balaban J connectivity index is 0.00000225. The molecule has 0 bridgehead atoms. The zero-order valence-electron chi connectivity index (χ0n) is 9.43. The molecule has 0 radical (unpaired) electrons. The van der Waals surface area contributed by atoms with E-state index in [0.29, 0.717) is 5.92 Å². The summed E-state index contributed by atoms with van der Waals surface area (Å²) in [5.74, 6) is 0.710. The number of nitrogens with two attached hydrogens (primary N) is 2. The van der Waals surface area contributed by atoms with Crippen molar-refractivity contribution in [1.29, 1.82) is 0 Å². The molecule has 0 heterocycles. The highest BCUT2D eigenvalue weighted by Gasteiger charge is 2.07. The lowest BCUT2D eigenvalue weighted by Gasteiger charge is -2.09. The predicted octanol–water partition coefficient (Wildman–Crippen LogP) is -0.483. The van der Waals surface area contributed by atoms with Crippen LogP contribution in [0, 0.1) is 5.92 Å². The summed E-state index contributed by atoms with van der Waals surface area (Å²) >= 11 is 6.92. The van der Waals surface area contributed by atoms with E-state index in [-0.39, 0.29) is 17.0 Å². The van der Waals surface area contributed by atoms with Crippen molar-refractivity contribution >= 4 is 37.5 Å². The van der Waals surface area contributed by atoms with E-state index in [1.165, 1.54) is 5.56 Å². The molecule has 1 aromatic carbocycles. The number of quaternary nitrogens is 1. The van der Waals surface area contributed by atoms with E-state index in [0.717, 1.165) is 27.7 Å². The molecule has 16 heavy (non-hydrogen) atoms. The Morgan fingerprint density at radius 1 is 1.31 bits per heavy atom.